The number of pyridine rings is 2. The van der Waals surface area contributed by atoms with Gasteiger partial charge in [0.1, 0.15) is 23.1 Å². The third-order valence-corrected chi connectivity index (χ3v) is 7.52. The Kier molecular flexibility index (Phi) is 8.00. The first-order valence-corrected chi connectivity index (χ1v) is 13.5. The molecule has 0 radical (unpaired) electrons. The molecule has 2 heterocycles. The molecule has 40 heavy (non-hydrogen) atoms. The lowest BCUT2D eigenvalue weighted by atomic mass is 10.1. The average molecular weight is 579 g/mol. The summed E-state index contributed by atoms with van der Waals surface area (Å²) in [5, 5.41) is 12.1. The van der Waals surface area contributed by atoms with Crippen LogP contribution in [0.4, 0.5) is 23.0 Å². The van der Waals surface area contributed by atoms with Gasteiger partial charge in [0.25, 0.3) is 0 Å². The van der Waals surface area contributed by atoms with Gasteiger partial charge in [-0.15, -0.1) is 0 Å². The van der Waals surface area contributed by atoms with Crippen LogP contribution in [0.5, 0.6) is 11.5 Å². The molecule has 1 amide bonds. The summed E-state index contributed by atoms with van der Waals surface area (Å²) >= 11 is 13.4. The molecule has 5 rings (SSSR count). The maximum absolute atomic E-state index is 12.0. The molecule has 1 aliphatic carbocycles. The first kappa shape index (κ1) is 27.6. The number of benzene rings is 2. The van der Waals surface area contributed by atoms with Gasteiger partial charge in [0, 0.05) is 35.1 Å². The van der Waals surface area contributed by atoms with Crippen LogP contribution >= 0.6 is 23.2 Å². The highest BCUT2D eigenvalue weighted by molar-refractivity contribution is 6.41. The second-order valence-corrected chi connectivity index (χ2v) is 10.3. The number of fused-ring (bicyclic) bond motifs is 1. The number of ether oxygens (including phenoxy) is 2. The van der Waals surface area contributed by atoms with Crippen molar-refractivity contribution in [1.82, 2.24) is 9.97 Å². The van der Waals surface area contributed by atoms with Crippen molar-refractivity contribution in [3.8, 4) is 22.8 Å². The summed E-state index contributed by atoms with van der Waals surface area (Å²) in [6, 6.07) is 11.1. The van der Waals surface area contributed by atoms with E-state index >= 15 is 0 Å². The summed E-state index contributed by atoms with van der Waals surface area (Å²) in [5.41, 5.74) is 3.39. The van der Waals surface area contributed by atoms with Crippen LogP contribution in [0.2, 0.25) is 10.0 Å². The van der Waals surface area contributed by atoms with Crippen LogP contribution in [0.1, 0.15) is 18.4 Å². The van der Waals surface area contributed by atoms with E-state index in [0.29, 0.717) is 56.0 Å². The van der Waals surface area contributed by atoms with Crippen molar-refractivity contribution in [2.24, 2.45) is 5.92 Å². The first-order chi connectivity index (χ1) is 19.3. The standard InChI is InChI=1S/C30H29Cl2N5O3/c1-5-25(38)35-20-8-6-7-16(2)29(20)37-24-12-19-18(15-33-24)11-21(36-30(19)34-14-17-9-10-17)26-27(31)22(39-3)13-23(40-4)28(26)32/h5-8,11-13,15,17H,1,9-10,14H2,2-4H3,(H,33,37)(H,34,36)(H,35,38). The van der Waals surface area contributed by atoms with E-state index in [9.17, 15) is 4.79 Å². The van der Waals surface area contributed by atoms with Crippen LogP contribution in [0.3, 0.4) is 0 Å². The number of carbonyl (C=O) groups is 1. The van der Waals surface area contributed by atoms with Crippen LogP contribution in [0.15, 0.2) is 55.3 Å². The lowest BCUT2D eigenvalue weighted by Gasteiger charge is -2.18. The number of anilines is 4. The maximum Gasteiger partial charge on any atom is 0.247 e. The SMILES string of the molecule is C=CC(=O)Nc1cccc(C)c1Nc1cc2c(NCC3CC3)nc(-c3c(Cl)c(OC)cc(OC)c3Cl)cc2cn1. The van der Waals surface area contributed by atoms with Crippen LogP contribution in [-0.2, 0) is 4.79 Å². The minimum atomic E-state index is -0.296. The molecule has 1 aliphatic rings. The number of methoxy groups -OCH3 is 2. The summed E-state index contributed by atoms with van der Waals surface area (Å²) in [6.45, 7) is 6.30. The Labute approximate surface area is 242 Å². The molecule has 0 atom stereocenters. The Bertz CT molecular complexity index is 1590. The van der Waals surface area contributed by atoms with Crippen molar-refractivity contribution in [2.45, 2.75) is 19.8 Å². The van der Waals surface area contributed by atoms with Gasteiger partial charge in [0.05, 0.1) is 41.3 Å². The Morgan fingerprint density at radius 2 is 1.85 bits per heavy atom. The molecule has 0 saturated heterocycles. The third kappa shape index (κ3) is 5.64. The minimum Gasteiger partial charge on any atom is -0.495 e. The number of aryl methyl sites for hydroxylation is 1. The van der Waals surface area contributed by atoms with Crippen molar-refractivity contribution in [2.75, 3.05) is 36.7 Å². The minimum absolute atomic E-state index is 0.296. The number of halogens is 2. The number of hydrogen-bond donors (Lipinski definition) is 3. The van der Waals surface area contributed by atoms with Crippen molar-refractivity contribution >= 4 is 62.9 Å². The van der Waals surface area contributed by atoms with Crippen molar-refractivity contribution in [3.05, 3.63) is 70.9 Å². The lowest BCUT2D eigenvalue weighted by molar-refractivity contribution is -0.111. The molecule has 8 nitrogen and oxygen atoms in total. The number of nitrogens with zero attached hydrogens (tertiary/aromatic N) is 2. The second kappa shape index (κ2) is 11.6. The molecule has 3 N–H and O–H groups in total. The molecule has 0 spiro atoms. The number of rotatable bonds is 10. The van der Waals surface area contributed by atoms with Gasteiger partial charge in [-0.1, -0.05) is 41.9 Å². The summed E-state index contributed by atoms with van der Waals surface area (Å²) in [4.78, 5) is 21.6. The number of nitrogens with one attached hydrogen (secondary N) is 3. The fourth-order valence-corrected chi connectivity index (χ4v) is 5.10. The molecule has 0 bridgehead atoms. The fraction of sp³-hybridized carbons (Fsp3) is 0.233. The third-order valence-electron chi connectivity index (χ3n) is 6.77. The Hall–Kier alpha value is -4.01. The second-order valence-electron chi connectivity index (χ2n) is 9.57. The van der Waals surface area contributed by atoms with Crippen LogP contribution < -0.4 is 25.4 Å². The summed E-state index contributed by atoms with van der Waals surface area (Å²) in [7, 11) is 3.08. The number of carbonyl (C=O) groups excluding carboxylic acids is 1. The van der Waals surface area contributed by atoms with E-state index in [1.54, 1.807) is 12.3 Å². The van der Waals surface area contributed by atoms with Gasteiger partial charge in [0.15, 0.2) is 0 Å². The van der Waals surface area contributed by atoms with Crippen LogP contribution in [-0.4, -0.2) is 36.6 Å². The topological polar surface area (TPSA) is 97.4 Å². The molecule has 2 aromatic heterocycles. The zero-order chi connectivity index (χ0) is 28.4. The van der Waals surface area contributed by atoms with Gasteiger partial charge < -0.3 is 25.4 Å². The largest absolute Gasteiger partial charge is 0.495 e. The predicted molar refractivity (Wildman–Crippen MR) is 163 cm³/mol. The van der Waals surface area contributed by atoms with Crippen molar-refractivity contribution < 1.29 is 14.3 Å². The Balaban J connectivity index is 1.61. The number of aromatic nitrogens is 2. The van der Waals surface area contributed by atoms with E-state index in [1.807, 2.05) is 37.3 Å². The predicted octanol–water partition coefficient (Wildman–Crippen LogP) is 7.62. The van der Waals surface area contributed by atoms with Gasteiger partial charge in [-0.2, -0.15) is 0 Å². The van der Waals surface area contributed by atoms with Crippen LogP contribution in [0.25, 0.3) is 22.0 Å². The van der Waals surface area contributed by atoms with Crippen LogP contribution in [0, 0.1) is 12.8 Å². The van der Waals surface area contributed by atoms with E-state index in [-0.39, 0.29) is 5.91 Å². The molecule has 2 aromatic carbocycles. The van der Waals surface area contributed by atoms with E-state index in [1.165, 1.54) is 33.1 Å². The van der Waals surface area contributed by atoms with E-state index < -0.39 is 0 Å². The Morgan fingerprint density at radius 1 is 1.12 bits per heavy atom. The van der Waals surface area contributed by atoms with Crippen molar-refractivity contribution in [1.29, 1.82) is 0 Å². The van der Waals surface area contributed by atoms with E-state index in [4.69, 9.17) is 37.7 Å². The van der Waals surface area contributed by atoms with Gasteiger partial charge in [-0.3, -0.25) is 4.79 Å². The zero-order valence-electron chi connectivity index (χ0n) is 22.4. The fourth-order valence-electron chi connectivity index (χ4n) is 4.40. The normalized spacial score (nSPS) is 12.6. The van der Waals surface area contributed by atoms with Gasteiger partial charge in [-0.05, 0) is 55.5 Å². The van der Waals surface area contributed by atoms with Gasteiger partial charge >= 0.3 is 0 Å². The molecule has 1 saturated carbocycles. The molecule has 1 fully saturated rings. The number of amides is 1. The zero-order valence-corrected chi connectivity index (χ0v) is 23.9. The molecular weight excluding hydrogens is 549 g/mol. The molecule has 0 unspecified atom stereocenters. The van der Waals surface area contributed by atoms with Gasteiger partial charge in [0.2, 0.25) is 5.91 Å². The average Bonchev–Trinajstić information content (AvgIpc) is 3.78. The Morgan fingerprint density at radius 3 is 2.50 bits per heavy atom. The highest BCUT2D eigenvalue weighted by atomic mass is 35.5. The summed E-state index contributed by atoms with van der Waals surface area (Å²) < 4.78 is 10.9. The molecule has 206 valence electrons. The quantitative estimate of drug-likeness (QED) is 0.167. The summed E-state index contributed by atoms with van der Waals surface area (Å²) in [6.07, 6.45) is 5.38. The molecule has 10 heteroatoms. The first-order valence-electron chi connectivity index (χ1n) is 12.8. The number of para-hydroxylation sites is 1. The van der Waals surface area contributed by atoms with E-state index in [0.717, 1.165) is 28.6 Å². The smallest absolute Gasteiger partial charge is 0.247 e. The lowest BCUT2D eigenvalue weighted by Crippen LogP contribution is -2.10. The number of hydrogen-bond acceptors (Lipinski definition) is 7. The molecular formula is C30H29Cl2N5O3. The molecule has 4 aromatic rings. The highest BCUT2D eigenvalue weighted by Gasteiger charge is 2.24. The summed E-state index contributed by atoms with van der Waals surface area (Å²) in [5.74, 6) is 2.47. The monoisotopic (exact) mass is 577 g/mol. The van der Waals surface area contributed by atoms with Gasteiger partial charge in [-0.25, -0.2) is 9.97 Å². The highest BCUT2D eigenvalue weighted by Crippen LogP contribution is 2.46. The maximum atomic E-state index is 12.0. The van der Waals surface area contributed by atoms with Crippen molar-refractivity contribution in [3.63, 3.8) is 0 Å². The van der Waals surface area contributed by atoms with E-state index in [2.05, 4.69) is 27.5 Å². The molecule has 0 aliphatic heterocycles.